The van der Waals surface area contributed by atoms with Crippen LogP contribution in [-0.4, -0.2) is 44.8 Å². The van der Waals surface area contributed by atoms with Crippen LogP contribution in [0.5, 0.6) is 0 Å². The predicted octanol–water partition coefficient (Wildman–Crippen LogP) is 5.85. The number of hydrogen-bond donors (Lipinski definition) is 1. The van der Waals surface area contributed by atoms with Gasteiger partial charge in [0.1, 0.15) is 12.6 Å². The van der Waals surface area contributed by atoms with Crippen molar-refractivity contribution in [3.05, 3.63) is 130 Å². The minimum Gasteiger partial charge on any atom is -0.357 e. The van der Waals surface area contributed by atoms with E-state index >= 15 is 0 Å². The lowest BCUT2D eigenvalue weighted by Gasteiger charge is -2.34. The van der Waals surface area contributed by atoms with Crippen LogP contribution in [0.2, 0.25) is 5.02 Å². The summed E-state index contributed by atoms with van der Waals surface area (Å²) in [4.78, 5) is 29.3. The Morgan fingerprint density at radius 2 is 1.47 bits per heavy atom. The Balaban J connectivity index is 1.81. The molecule has 43 heavy (non-hydrogen) atoms. The van der Waals surface area contributed by atoms with Crippen LogP contribution >= 0.6 is 11.6 Å². The second-order valence-electron chi connectivity index (χ2n) is 10.5. The molecule has 0 aromatic heterocycles. The fourth-order valence-corrected chi connectivity index (χ4v) is 6.37. The molecule has 0 fully saturated rings. The number of carbonyl (C=O) groups excluding carboxylic acids is 2. The summed E-state index contributed by atoms with van der Waals surface area (Å²) in [6.07, 6.45) is 0.256. The summed E-state index contributed by atoms with van der Waals surface area (Å²) < 4.78 is 29.3. The van der Waals surface area contributed by atoms with Gasteiger partial charge in [0.15, 0.2) is 0 Å². The monoisotopic (exact) mass is 617 g/mol. The van der Waals surface area contributed by atoms with Gasteiger partial charge < -0.3 is 10.2 Å². The molecule has 0 spiro atoms. The summed E-state index contributed by atoms with van der Waals surface area (Å²) in [6, 6.07) is 27.3. The third-order valence-electron chi connectivity index (χ3n) is 7.58. The predicted molar refractivity (Wildman–Crippen MR) is 172 cm³/mol. The lowest BCUT2D eigenvalue weighted by molar-refractivity contribution is -0.139. The molecule has 0 aliphatic heterocycles. The highest BCUT2D eigenvalue weighted by Gasteiger charge is 2.34. The number of nitrogens with zero attached hydrogens (tertiary/aromatic N) is 2. The number of nitrogens with one attached hydrogen (secondary N) is 1. The molecule has 4 rings (SSSR count). The van der Waals surface area contributed by atoms with Crippen molar-refractivity contribution < 1.29 is 18.0 Å². The second kappa shape index (κ2) is 13.9. The van der Waals surface area contributed by atoms with Crippen molar-refractivity contribution in [1.82, 2.24) is 10.2 Å². The molecule has 0 saturated carbocycles. The molecule has 1 atom stereocenters. The van der Waals surface area contributed by atoms with Crippen molar-refractivity contribution in [3.63, 3.8) is 0 Å². The molecule has 4 aromatic carbocycles. The first-order valence-corrected chi connectivity index (χ1v) is 15.8. The molecule has 2 amide bonds. The van der Waals surface area contributed by atoms with Crippen molar-refractivity contribution >= 4 is 39.1 Å². The zero-order chi connectivity index (χ0) is 31.1. The summed E-state index contributed by atoms with van der Waals surface area (Å²) in [5, 5.41) is 3.10. The van der Waals surface area contributed by atoms with Gasteiger partial charge in [0.2, 0.25) is 11.8 Å². The molecule has 0 unspecified atom stereocenters. The van der Waals surface area contributed by atoms with E-state index in [9.17, 15) is 18.0 Å². The highest BCUT2D eigenvalue weighted by molar-refractivity contribution is 7.92. The van der Waals surface area contributed by atoms with Crippen LogP contribution in [-0.2, 0) is 32.6 Å². The van der Waals surface area contributed by atoms with Crippen LogP contribution in [0.4, 0.5) is 5.69 Å². The maximum atomic E-state index is 14.4. The van der Waals surface area contributed by atoms with Crippen LogP contribution < -0.4 is 9.62 Å². The molecule has 0 heterocycles. The minimum absolute atomic E-state index is 0.000480. The Kier molecular flexibility index (Phi) is 10.3. The quantitative estimate of drug-likeness (QED) is 0.229. The Bertz CT molecular complexity index is 1690. The number of amides is 2. The van der Waals surface area contributed by atoms with E-state index in [2.05, 4.69) is 5.32 Å². The lowest BCUT2D eigenvalue weighted by Crippen LogP contribution is -2.53. The molecule has 0 saturated heterocycles. The topological polar surface area (TPSA) is 86.8 Å². The highest BCUT2D eigenvalue weighted by Crippen LogP contribution is 2.28. The molecule has 0 bridgehead atoms. The largest absolute Gasteiger partial charge is 0.357 e. The number of carbonyl (C=O) groups is 2. The fourth-order valence-electron chi connectivity index (χ4n) is 4.83. The van der Waals surface area contributed by atoms with Crippen molar-refractivity contribution in [2.75, 3.05) is 17.9 Å². The number of rotatable bonds is 11. The molecule has 224 valence electrons. The molecule has 0 radical (unpaired) electrons. The van der Waals surface area contributed by atoms with E-state index in [1.165, 1.54) is 36.2 Å². The summed E-state index contributed by atoms with van der Waals surface area (Å²) >= 11 is 6.05. The second-order valence-corrected chi connectivity index (χ2v) is 12.8. The van der Waals surface area contributed by atoms with Crippen molar-refractivity contribution in [2.45, 2.75) is 44.7 Å². The van der Waals surface area contributed by atoms with Gasteiger partial charge in [-0.3, -0.25) is 13.9 Å². The van der Waals surface area contributed by atoms with Crippen LogP contribution in [0.25, 0.3) is 0 Å². The zero-order valence-electron chi connectivity index (χ0n) is 24.7. The van der Waals surface area contributed by atoms with Crippen LogP contribution in [0.3, 0.4) is 0 Å². The van der Waals surface area contributed by atoms with E-state index in [0.717, 1.165) is 32.1 Å². The molecule has 4 aromatic rings. The SMILES string of the molecule is CNC(=O)[C@H](Cc1ccccc1)N(Cc1ccccc1C)C(=O)CN(c1ccc(C)c(C)c1)S(=O)(=O)c1ccc(Cl)cc1. The molecule has 0 aliphatic carbocycles. The fraction of sp³-hybridized carbons (Fsp3) is 0.235. The Morgan fingerprint density at radius 3 is 2.09 bits per heavy atom. The Labute approximate surface area is 259 Å². The maximum Gasteiger partial charge on any atom is 0.264 e. The van der Waals surface area contributed by atoms with Crippen molar-refractivity contribution in [1.29, 1.82) is 0 Å². The average molecular weight is 618 g/mol. The third kappa shape index (κ3) is 7.63. The number of hydrogen-bond acceptors (Lipinski definition) is 4. The van der Waals surface area contributed by atoms with E-state index in [1.807, 2.05) is 81.4 Å². The first kappa shape index (κ1) is 31.8. The van der Waals surface area contributed by atoms with E-state index in [4.69, 9.17) is 11.6 Å². The molecule has 0 aliphatic rings. The summed E-state index contributed by atoms with van der Waals surface area (Å²) in [7, 11) is -2.66. The lowest BCUT2D eigenvalue weighted by atomic mass is 10.0. The van der Waals surface area contributed by atoms with Gasteiger partial charge in [-0.1, -0.05) is 72.3 Å². The van der Waals surface area contributed by atoms with Gasteiger partial charge >= 0.3 is 0 Å². The first-order chi connectivity index (χ1) is 20.5. The summed E-state index contributed by atoms with van der Waals surface area (Å²) in [5.74, 6) is -0.854. The first-order valence-electron chi connectivity index (χ1n) is 14.0. The minimum atomic E-state index is -4.19. The summed E-state index contributed by atoms with van der Waals surface area (Å²) in [5.41, 5.74) is 4.90. The molecule has 9 heteroatoms. The third-order valence-corrected chi connectivity index (χ3v) is 9.62. The van der Waals surface area contributed by atoms with Gasteiger partial charge in [-0.2, -0.15) is 0 Å². The number of halogens is 1. The number of sulfonamides is 1. The molecule has 1 N–H and O–H groups in total. The van der Waals surface area contributed by atoms with E-state index < -0.39 is 28.5 Å². The van der Waals surface area contributed by atoms with E-state index in [1.54, 1.807) is 12.1 Å². The normalized spacial score (nSPS) is 11.9. The number of anilines is 1. The van der Waals surface area contributed by atoms with Crippen LogP contribution in [0, 0.1) is 20.8 Å². The van der Waals surface area contributed by atoms with Gasteiger partial charge in [0.05, 0.1) is 10.6 Å². The van der Waals surface area contributed by atoms with E-state index in [0.29, 0.717) is 10.7 Å². The molecular formula is C34H36ClN3O4S. The number of benzene rings is 4. The summed E-state index contributed by atoms with van der Waals surface area (Å²) in [6.45, 7) is 5.37. The standard InChI is InChI=1S/C34H36ClN3O4S/c1-24-14-17-30(20-26(24)3)38(43(41,42)31-18-15-29(35)16-19-31)23-33(39)37(22-28-13-9-8-10-25(28)2)32(34(40)36-4)21-27-11-6-5-7-12-27/h5-20,32H,21-23H2,1-4H3,(H,36,40)/t32-/m0/s1. The van der Waals surface area contributed by atoms with Gasteiger partial charge in [0, 0.05) is 25.0 Å². The zero-order valence-corrected chi connectivity index (χ0v) is 26.3. The van der Waals surface area contributed by atoms with Gasteiger partial charge in [-0.15, -0.1) is 0 Å². The highest BCUT2D eigenvalue weighted by atomic mass is 35.5. The van der Waals surface area contributed by atoms with Crippen LogP contribution in [0.15, 0.2) is 102 Å². The molecular weight excluding hydrogens is 582 g/mol. The molecule has 7 nitrogen and oxygen atoms in total. The maximum absolute atomic E-state index is 14.4. The van der Waals surface area contributed by atoms with Gasteiger partial charge in [0.25, 0.3) is 10.0 Å². The number of aryl methyl sites for hydroxylation is 3. The average Bonchev–Trinajstić information content (AvgIpc) is 3.00. The van der Waals surface area contributed by atoms with Crippen molar-refractivity contribution in [3.8, 4) is 0 Å². The van der Waals surface area contributed by atoms with Crippen molar-refractivity contribution in [2.24, 2.45) is 0 Å². The van der Waals surface area contributed by atoms with Gasteiger partial charge in [-0.05, 0) is 85.0 Å². The number of likely N-dealkylation sites (N-methyl/N-ethyl adjacent to an activating group) is 1. The van der Waals surface area contributed by atoms with Gasteiger partial charge in [-0.25, -0.2) is 8.42 Å². The smallest absolute Gasteiger partial charge is 0.264 e. The Morgan fingerprint density at radius 1 is 0.814 bits per heavy atom. The van der Waals surface area contributed by atoms with E-state index in [-0.39, 0.29) is 23.8 Å². The van der Waals surface area contributed by atoms with Crippen LogP contribution in [0.1, 0.15) is 27.8 Å². The Hall–Kier alpha value is -4.14.